The Hall–Kier alpha value is -2.65. The summed E-state index contributed by atoms with van der Waals surface area (Å²) in [6, 6.07) is 7.54. The number of thiazole rings is 1. The van der Waals surface area contributed by atoms with Crippen LogP contribution in [-0.4, -0.2) is 30.3 Å². The van der Waals surface area contributed by atoms with Crippen LogP contribution in [0.2, 0.25) is 0 Å². The standard InChI is InChI=1S/C22H25N5O2S2/c1-13-14(2)24-18(11-23-13)15-5-7-16(8-6-15)25-20(28)22(3,4)19-12-30-21(26-19)27-31(29)17-9-10-17/h5-8,11-12,17H,9-10H2,1-4H3,(H,25,28)(H,26,27). The Morgan fingerprint density at radius 3 is 2.48 bits per heavy atom. The molecule has 0 aliphatic heterocycles. The van der Waals surface area contributed by atoms with Gasteiger partial charge in [0.15, 0.2) is 5.13 Å². The smallest absolute Gasteiger partial charge is 0.236 e. The van der Waals surface area contributed by atoms with Crippen molar-refractivity contribution in [1.29, 1.82) is 0 Å². The highest BCUT2D eigenvalue weighted by Gasteiger charge is 2.33. The second kappa shape index (κ2) is 8.47. The second-order valence-electron chi connectivity index (χ2n) is 8.22. The molecule has 2 heterocycles. The molecule has 9 heteroatoms. The Kier molecular flexibility index (Phi) is 5.90. The van der Waals surface area contributed by atoms with Crippen molar-refractivity contribution < 1.29 is 9.00 Å². The number of rotatable bonds is 7. The number of carbonyl (C=O) groups excluding carboxylic acids is 1. The van der Waals surface area contributed by atoms with E-state index in [0.29, 0.717) is 16.5 Å². The molecule has 1 aliphatic carbocycles. The van der Waals surface area contributed by atoms with E-state index >= 15 is 0 Å². The third kappa shape index (κ3) is 4.83. The van der Waals surface area contributed by atoms with E-state index in [-0.39, 0.29) is 11.2 Å². The Labute approximate surface area is 188 Å². The minimum atomic E-state index is -1.10. The van der Waals surface area contributed by atoms with Gasteiger partial charge in [0, 0.05) is 16.6 Å². The summed E-state index contributed by atoms with van der Waals surface area (Å²) in [5.74, 6) is -0.161. The minimum absolute atomic E-state index is 0.161. The van der Waals surface area contributed by atoms with Crippen LogP contribution in [0.5, 0.6) is 0 Å². The first-order valence-corrected chi connectivity index (χ1v) is 12.2. The molecular weight excluding hydrogens is 430 g/mol. The molecule has 3 aromatic rings. The highest BCUT2D eigenvalue weighted by molar-refractivity contribution is 7.87. The maximum absolute atomic E-state index is 13.0. The van der Waals surface area contributed by atoms with Crippen LogP contribution in [-0.2, 0) is 21.2 Å². The van der Waals surface area contributed by atoms with Crippen molar-refractivity contribution in [3.8, 4) is 11.3 Å². The van der Waals surface area contributed by atoms with Crippen molar-refractivity contribution in [3.05, 3.63) is 52.9 Å². The zero-order chi connectivity index (χ0) is 22.2. The fourth-order valence-corrected chi connectivity index (χ4v) is 4.98. The van der Waals surface area contributed by atoms with E-state index in [1.165, 1.54) is 11.3 Å². The lowest BCUT2D eigenvalue weighted by molar-refractivity contribution is -0.120. The van der Waals surface area contributed by atoms with Gasteiger partial charge in [0.25, 0.3) is 0 Å². The predicted molar refractivity (Wildman–Crippen MR) is 125 cm³/mol. The molecule has 0 saturated heterocycles. The van der Waals surface area contributed by atoms with Crippen molar-refractivity contribution >= 4 is 39.0 Å². The quantitative estimate of drug-likeness (QED) is 0.551. The van der Waals surface area contributed by atoms with Crippen molar-refractivity contribution in [3.63, 3.8) is 0 Å². The molecule has 0 radical (unpaired) electrons. The van der Waals surface area contributed by atoms with Crippen LogP contribution < -0.4 is 10.0 Å². The van der Waals surface area contributed by atoms with E-state index in [1.807, 2.05) is 57.3 Å². The Morgan fingerprint density at radius 1 is 1.13 bits per heavy atom. The SMILES string of the molecule is Cc1ncc(-c2ccc(NC(=O)C(C)(C)c3csc(NS(=O)C4CC4)n3)cc2)nc1C. The van der Waals surface area contributed by atoms with Crippen molar-refractivity contribution in [1.82, 2.24) is 15.0 Å². The van der Waals surface area contributed by atoms with E-state index < -0.39 is 16.4 Å². The lowest BCUT2D eigenvalue weighted by atomic mass is 9.89. The Bertz CT molecular complexity index is 1140. The van der Waals surface area contributed by atoms with Crippen LogP contribution in [0.4, 0.5) is 10.8 Å². The first-order valence-electron chi connectivity index (χ1n) is 10.1. The molecule has 2 N–H and O–H groups in total. The van der Waals surface area contributed by atoms with Gasteiger partial charge >= 0.3 is 0 Å². The first kappa shape index (κ1) is 21.6. The molecule has 162 valence electrons. The molecule has 1 aromatic carbocycles. The number of benzene rings is 1. The van der Waals surface area contributed by atoms with Crippen LogP contribution in [0.1, 0.15) is 43.8 Å². The van der Waals surface area contributed by atoms with Gasteiger partial charge in [-0.3, -0.25) is 14.5 Å². The number of hydrogen-bond donors (Lipinski definition) is 2. The van der Waals surface area contributed by atoms with Gasteiger partial charge in [-0.1, -0.05) is 12.1 Å². The molecule has 1 fully saturated rings. The third-order valence-electron chi connectivity index (χ3n) is 5.36. The second-order valence-corrected chi connectivity index (χ2v) is 10.5. The van der Waals surface area contributed by atoms with E-state index in [1.54, 1.807) is 6.20 Å². The normalized spacial score (nSPS) is 14.8. The molecule has 4 rings (SSSR count). The van der Waals surface area contributed by atoms with Crippen LogP contribution in [0.3, 0.4) is 0 Å². The van der Waals surface area contributed by atoms with Gasteiger partial charge in [0.05, 0.1) is 39.6 Å². The minimum Gasteiger partial charge on any atom is -0.325 e. The van der Waals surface area contributed by atoms with Gasteiger partial charge in [-0.2, -0.15) is 0 Å². The number of aryl methyl sites for hydroxylation is 2. The molecule has 0 spiro atoms. The lowest BCUT2D eigenvalue weighted by Gasteiger charge is -2.21. The molecular formula is C22H25N5O2S2. The van der Waals surface area contributed by atoms with Gasteiger partial charge in [-0.25, -0.2) is 14.2 Å². The topological polar surface area (TPSA) is 96.9 Å². The van der Waals surface area contributed by atoms with Crippen LogP contribution >= 0.6 is 11.3 Å². The summed E-state index contributed by atoms with van der Waals surface area (Å²) < 4.78 is 15.0. The summed E-state index contributed by atoms with van der Waals surface area (Å²) >= 11 is 1.37. The van der Waals surface area contributed by atoms with Gasteiger partial charge in [-0.15, -0.1) is 11.3 Å². The third-order valence-corrected chi connectivity index (χ3v) is 7.72. The van der Waals surface area contributed by atoms with Gasteiger partial charge in [0.2, 0.25) is 5.91 Å². The molecule has 7 nitrogen and oxygen atoms in total. The molecule has 1 amide bonds. The van der Waals surface area contributed by atoms with Gasteiger partial charge in [-0.05, 0) is 52.7 Å². The van der Waals surface area contributed by atoms with Crippen molar-refractivity contribution in [2.45, 2.75) is 51.2 Å². The molecule has 1 atom stereocenters. The number of aromatic nitrogens is 3. The first-order chi connectivity index (χ1) is 14.7. The van der Waals surface area contributed by atoms with Gasteiger partial charge < -0.3 is 5.32 Å². The monoisotopic (exact) mass is 455 g/mol. The fourth-order valence-electron chi connectivity index (χ4n) is 2.87. The Morgan fingerprint density at radius 2 is 1.84 bits per heavy atom. The molecule has 1 aliphatic rings. The van der Waals surface area contributed by atoms with Crippen molar-refractivity contribution in [2.75, 3.05) is 10.0 Å². The number of nitrogens with one attached hydrogen (secondary N) is 2. The average molecular weight is 456 g/mol. The maximum atomic E-state index is 13.0. The number of nitrogens with zero attached hydrogens (tertiary/aromatic N) is 3. The number of amides is 1. The van der Waals surface area contributed by atoms with Crippen LogP contribution in [0, 0.1) is 13.8 Å². The number of anilines is 2. The molecule has 2 aromatic heterocycles. The summed E-state index contributed by atoms with van der Waals surface area (Å²) in [4.78, 5) is 26.4. The number of carbonyl (C=O) groups is 1. The van der Waals surface area contributed by atoms with E-state index in [9.17, 15) is 9.00 Å². The summed E-state index contributed by atoms with van der Waals surface area (Å²) in [7, 11) is -1.10. The van der Waals surface area contributed by atoms with E-state index in [4.69, 9.17) is 0 Å². The molecule has 31 heavy (non-hydrogen) atoms. The lowest BCUT2D eigenvalue weighted by Crippen LogP contribution is -2.35. The molecule has 1 saturated carbocycles. The summed E-state index contributed by atoms with van der Waals surface area (Å²) in [5.41, 5.74) is 4.05. The highest BCUT2D eigenvalue weighted by atomic mass is 32.2. The van der Waals surface area contributed by atoms with Crippen LogP contribution in [0.15, 0.2) is 35.8 Å². The number of hydrogen-bond acceptors (Lipinski definition) is 6. The maximum Gasteiger partial charge on any atom is 0.236 e. The van der Waals surface area contributed by atoms with Gasteiger partial charge in [0.1, 0.15) is 11.0 Å². The Balaban J connectivity index is 1.43. The molecule has 1 unspecified atom stereocenters. The summed E-state index contributed by atoms with van der Waals surface area (Å²) in [6.07, 6.45) is 3.73. The zero-order valence-electron chi connectivity index (χ0n) is 17.9. The average Bonchev–Trinajstić information content (AvgIpc) is 3.49. The largest absolute Gasteiger partial charge is 0.325 e. The summed E-state index contributed by atoms with van der Waals surface area (Å²) in [5, 5.41) is 5.62. The fraction of sp³-hybridized carbons (Fsp3) is 0.364. The summed E-state index contributed by atoms with van der Waals surface area (Å²) in [6.45, 7) is 7.53. The van der Waals surface area contributed by atoms with Crippen molar-refractivity contribution in [2.24, 2.45) is 0 Å². The molecule has 0 bridgehead atoms. The van der Waals surface area contributed by atoms with E-state index in [2.05, 4.69) is 25.0 Å². The zero-order valence-corrected chi connectivity index (χ0v) is 19.6. The van der Waals surface area contributed by atoms with E-state index in [0.717, 1.165) is 35.5 Å². The predicted octanol–water partition coefficient (Wildman–Crippen LogP) is 4.37. The highest BCUT2D eigenvalue weighted by Crippen LogP contribution is 2.31. The van der Waals surface area contributed by atoms with Crippen LogP contribution in [0.25, 0.3) is 11.3 Å².